The Hall–Kier alpha value is -1.34. The van der Waals surface area contributed by atoms with Crippen molar-refractivity contribution in [2.75, 3.05) is 0 Å². The third kappa shape index (κ3) is 3.07. The van der Waals surface area contributed by atoms with Crippen molar-refractivity contribution >= 4 is 39.5 Å². The van der Waals surface area contributed by atoms with Crippen LogP contribution < -0.4 is 11.2 Å². The number of rotatable bonds is 2. The van der Waals surface area contributed by atoms with Gasteiger partial charge in [-0.05, 0) is 40.3 Å². The fourth-order valence-corrected chi connectivity index (χ4v) is 1.34. The maximum Gasteiger partial charge on any atom is 0.184 e. The summed E-state index contributed by atoms with van der Waals surface area (Å²) in [7, 11) is 0. The number of hydrogen-bond acceptors (Lipinski definition) is 4. The van der Waals surface area contributed by atoms with Gasteiger partial charge in [-0.2, -0.15) is 5.10 Å². The zero-order valence-corrected chi connectivity index (χ0v) is 9.84. The van der Waals surface area contributed by atoms with Crippen LogP contribution in [0.4, 0.5) is 0 Å². The van der Waals surface area contributed by atoms with Crippen LogP contribution in [0.15, 0.2) is 21.7 Å². The summed E-state index contributed by atoms with van der Waals surface area (Å²) in [5.74, 6) is -0.0160. The lowest BCUT2D eigenvalue weighted by molar-refractivity contribution is 0.456. The van der Waals surface area contributed by atoms with Crippen LogP contribution in [0.25, 0.3) is 0 Å². The zero-order chi connectivity index (χ0) is 11.4. The van der Waals surface area contributed by atoms with E-state index in [2.05, 4.69) is 38.7 Å². The number of benzene rings is 1. The lowest BCUT2D eigenvalue weighted by Crippen LogP contribution is -2.24. The van der Waals surface area contributed by atoms with E-state index in [1.807, 2.05) is 0 Å². The van der Waals surface area contributed by atoms with E-state index < -0.39 is 0 Å². The molecule has 15 heavy (non-hydrogen) atoms. The molecular weight excluding hydrogens is 282 g/mol. The van der Waals surface area contributed by atoms with Gasteiger partial charge in [0, 0.05) is 0 Å². The molecule has 0 saturated heterocycles. The minimum absolute atomic E-state index is 0.00424. The molecule has 0 spiro atoms. The average Bonchev–Trinajstić information content (AvgIpc) is 2.17. The fraction of sp³-hybridized carbons (Fsp3) is 0. The Balaban J connectivity index is 2.98. The molecule has 5 N–H and O–H groups in total. The van der Waals surface area contributed by atoms with Gasteiger partial charge in [0.2, 0.25) is 0 Å². The standard InChI is InChI=1S/C8H8BrN3O2S/c9-7-4(3-11-12-8(10)15)5(13)1-2-6(7)14/h1-3,13-14H,(H3,10,12,15). The van der Waals surface area contributed by atoms with Crippen LogP contribution in [0.3, 0.4) is 0 Å². The summed E-state index contributed by atoms with van der Waals surface area (Å²) in [6.45, 7) is 0. The van der Waals surface area contributed by atoms with Gasteiger partial charge >= 0.3 is 0 Å². The number of phenolic OH excluding ortho intramolecular Hbond substituents is 2. The number of aromatic hydroxyl groups is 2. The quantitative estimate of drug-likeness (QED) is 0.283. The summed E-state index contributed by atoms with van der Waals surface area (Å²) in [6, 6.07) is 2.71. The largest absolute Gasteiger partial charge is 0.507 e. The minimum Gasteiger partial charge on any atom is -0.507 e. The molecule has 0 radical (unpaired) electrons. The predicted molar refractivity (Wildman–Crippen MR) is 65.0 cm³/mol. The van der Waals surface area contributed by atoms with Crippen molar-refractivity contribution in [3.63, 3.8) is 0 Å². The van der Waals surface area contributed by atoms with Crippen molar-refractivity contribution in [2.24, 2.45) is 10.8 Å². The van der Waals surface area contributed by atoms with Crippen LogP contribution in [-0.4, -0.2) is 21.5 Å². The molecule has 0 aromatic heterocycles. The van der Waals surface area contributed by atoms with Crippen molar-refractivity contribution < 1.29 is 10.2 Å². The van der Waals surface area contributed by atoms with Crippen LogP contribution in [0.5, 0.6) is 11.5 Å². The van der Waals surface area contributed by atoms with E-state index in [4.69, 9.17) is 5.73 Å². The molecule has 1 aromatic rings. The van der Waals surface area contributed by atoms with E-state index >= 15 is 0 Å². The summed E-state index contributed by atoms with van der Waals surface area (Å²) in [6.07, 6.45) is 1.29. The maximum absolute atomic E-state index is 9.46. The van der Waals surface area contributed by atoms with Gasteiger partial charge in [0.05, 0.1) is 16.3 Å². The summed E-state index contributed by atoms with van der Waals surface area (Å²) >= 11 is 7.64. The molecule has 0 unspecified atom stereocenters. The number of hydrogen-bond donors (Lipinski definition) is 4. The molecule has 80 valence electrons. The molecular formula is C8H8BrN3O2S. The van der Waals surface area contributed by atoms with Crippen LogP contribution in [0.2, 0.25) is 0 Å². The third-order valence-corrected chi connectivity index (χ3v) is 2.43. The summed E-state index contributed by atoms with van der Waals surface area (Å²) in [5.41, 5.74) is 7.81. The number of nitrogens with zero attached hydrogens (tertiary/aromatic N) is 1. The SMILES string of the molecule is NC(=S)NN=Cc1c(O)ccc(O)c1Br. The van der Waals surface area contributed by atoms with Crippen LogP contribution in [0.1, 0.15) is 5.56 Å². The van der Waals surface area contributed by atoms with E-state index in [1.165, 1.54) is 18.3 Å². The first kappa shape index (κ1) is 11.7. The fourth-order valence-electron chi connectivity index (χ4n) is 0.854. The molecule has 5 nitrogen and oxygen atoms in total. The van der Waals surface area contributed by atoms with Gasteiger partial charge in [-0.3, -0.25) is 5.43 Å². The van der Waals surface area contributed by atoms with Gasteiger partial charge in [0.15, 0.2) is 5.11 Å². The first-order chi connectivity index (χ1) is 7.02. The normalized spacial score (nSPS) is 10.5. The Morgan fingerprint density at radius 3 is 2.67 bits per heavy atom. The summed E-state index contributed by atoms with van der Waals surface area (Å²) in [4.78, 5) is 0. The second-order valence-electron chi connectivity index (χ2n) is 2.57. The van der Waals surface area contributed by atoms with Gasteiger partial charge < -0.3 is 15.9 Å². The lowest BCUT2D eigenvalue weighted by Gasteiger charge is -2.03. The second kappa shape index (κ2) is 4.94. The molecule has 0 saturated carbocycles. The van der Waals surface area contributed by atoms with E-state index in [1.54, 1.807) is 0 Å². The molecule has 0 amide bonds. The smallest absolute Gasteiger partial charge is 0.184 e. The topological polar surface area (TPSA) is 90.9 Å². The number of halogens is 1. The Labute approximate surface area is 99.7 Å². The zero-order valence-electron chi connectivity index (χ0n) is 7.44. The highest BCUT2D eigenvalue weighted by Crippen LogP contribution is 2.32. The molecule has 1 aromatic carbocycles. The molecule has 7 heteroatoms. The van der Waals surface area contributed by atoms with Gasteiger partial charge in [-0.25, -0.2) is 0 Å². The van der Waals surface area contributed by atoms with Gasteiger partial charge in [0.1, 0.15) is 11.5 Å². The van der Waals surface area contributed by atoms with E-state index in [9.17, 15) is 10.2 Å². The van der Waals surface area contributed by atoms with E-state index in [0.717, 1.165) is 0 Å². The molecule has 0 aliphatic rings. The van der Waals surface area contributed by atoms with E-state index in [0.29, 0.717) is 10.0 Å². The Bertz CT molecular complexity index is 423. The van der Waals surface area contributed by atoms with Crippen LogP contribution in [-0.2, 0) is 0 Å². The molecule has 0 bridgehead atoms. The third-order valence-electron chi connectivity index (χ3n) is 1.50. The number of thiocarbonyl (C=S) groups is 1. The minimum atomic E-state index is -0.0202. The van der Waals surface area contributed by atoms with Crippen LogP contribution >= 0.6 is 28.1 Å². The maximum atomic E-state index is 9.46. The predicted octanol–water partition coefficient (Wildman–Crippen LogP) is 1.03. The number of nitrogens with two attached hydrogens (primary N) is 1. The van der Waals surface area contributed by atoms with Crippen molar-refractivity contribution in [3.8, 4) is 11.5 Å². The monoisotopic (exact) mass is 289 g/mol. The molecule has 0 aliphatic carbocycles. The van der Waals surface area contributed by atoms with Crippen molar-refractivity contribution in [1.29, 1.82) is 0 Å². The Morgan fingerprint density at radius 2 is 2.07 bits per heavy atom. The number of phenols is 2. The average molecular weight is 290 g/mol. The highest BCUT2D eigenvalue weighted by Gasteiger charge is 2.07. The molecule has 0 heterocycles. The van der Waals surface area contributed by atoms with Crippen LogP contribution in [0, 0.1) is 0 Å². The molecule has 1 rings (SSSR count). The number of hydrazone groups is 1. The first-order valence-electron chi connectivity index (χ1n) is 3.81. The Kier molecular flexibility index (Phi) is 3.87. The molecule has 0 atom stereocenters. The molecule has 0 fully saturated rings. The Morgan fingerprint density at radius 1 is 1.47 bits per heavy atom. The van der Waals surface area contributed by atoms with Gasteiger partial charge in [-0.15, -0.1) is 0 Å². The van der Waals surface area contributed by atoms with Crippen molar-refractivity contribution in [2.45, 2.75) is 0 Å². The number of nitrogens with one attached hydrogen (secondary N) is 1. The highest BCUT2D eigenvalue weighted by molar-refractivity contribution is 9.10. The first-order valence-corrected chi connectivity index (χ1v) is 5.01. The summed E-state index contributed by atoms with van der Waals surface area (Å²) < 4.78 is 0.344. The lowest BCUT2D eigenvalue weighted by atomic mass is 10.2. The van der Waals surface area contributed by atoms with Crippen molar-refractivity contribution in [3.05, 3.63) is 22.2 Å². The molecule has 0 aliphatic heterocycles. The summed E-state index contributed by atoms with van der Waals surface area (Å²) in [5, 5.41) is 22.5. The second-order valence-corrected chi connectivity index (χ2v) is 3.80. The van der Waals surface area contributed by atoms with Crippen molar-refractivity contribution in [1.82, 2.24) is 5.43 Å². The van der Waals surface area contributed by atoms with E-state index in [-0.39, 0.29) is 16.6 Å². The highest BCUT2D eigenvalue weighted by atomic mass is 79.9. The van der Waals surface area contributed by atoms with Gasteiger partial charge in [-0.1, -0.05) is 0 Å². The van der Waals surface area contributed by atoms with Gasteiger partial charge in [0.25, 0.3) is 0 Å².